The number of carbonyl (C=O) groups excluding carboxylic acids is 6. The summed E-state index contributed by atoms with van der Waals surface area (Å²) in [6.07, 6.45) is 27.7. The molecule has 4 aromatic rings. The van der Waals surface area contributed by atoms with Crippen LogP contribution < -0.4 is 18.9 Å². The molecule has 15 heteroatoms. The Labute approximate surface area is 541 Å². The highest BCUT2D eigenvalue weighted by Crippen LogP contribution is 2.42. The van der Waals surface area contributed by atoms with Crippen molar-refractivity contribution in [3.05, 3.63) is 165 Å². The van der Waals surface area contributed by atoms with Crippen LogP contribution in [0.3, 0.4) is 0 Å². The van der Waals surface area contributed by atoms with Crippen LogP contribution in [-0.2, 0) is 105 Å². The summed E-state index contributed by atoms with van der Waals surface area (Å²) in [4.78, 5) is 76.4. The highest BCUT2D eigenvalue weighted by atomic mass is 16.5. The topological polar surface area (TPSA) is 185 Å². The van der Waals surface area contributed by atoms with Gasteiger partial charge in [0.25, 0.3) is 0 Å². The summed E-state index contributed by atoms with van der Waals surface area (Å²) in [5.74, 6) is -1.05. The van der Waals surface area contributed by atoms with Crippen LogP contribution in [-0.4, -0.2) is 69.2 Å². The van der Waals surface area contributed by atoms with Crippen molar-refractivity contribution in [2.45, 2.75) is 215 Å². The molecular weight excluding hydrogens is 1150 g/mol. The van der Waals surface area contributed by atoms with Crippen molar-refractivity contribution in [2.75, 3.05) is 33.5 Å². The molecule has 0 aromatic heterocycles. The molecule has 1 aliphatic carbocycles. The van der Waals surface area contributed by atoms with Crippen LogP contribution in [0.4, 0.5) is 0 Å². The van der Waals surface area contributed by atoms with E-state index in [0.29, 0.717) is 71.7 Å². The Hall–Kier alpha value is -7.94. The van der Waals surface area contributed by atoms with Crippen molar-refractivity contribution < 1.29 is 71.4 Å². The van der Waals surface area contributed by atoms with Crippen molar-refractivity contribution in [1.29, 1.82) is 0 Å². The van der Waals surface area contributed by atoms with E-state index in [2.05, 4.69) is 40.9 Å². The number of ether oxygens (including phenoxy) is 9. The Morgan fingerprint density at radius 3 is 0.802 bits per heavy atom. The number of unbranched alkanes of at least 4 members (excludes halogenated alkanes) is 16. The third kappa shape index (κ3) is 26.8. The SMILES string of the molecule is C=CC(=O)OCc1cc2c(OCCCCCCC)c(c1)Cc1cc(COC(=O)/C=C\C(=O)OC)cc(c1OCCCCCCC)Cc1cc(COC(=O)C=C)cc(c1OCCCCCCC)Cc1cc(COC(=O)/C=C\C(C)=O)cc(c1OCCCCCCC)C2. The van der Waals surface area contributed by atoms with Gasteiger partial charge in [0, 0.05) is 56.1 Å². The van der Waals surface area contributed by atoms with E-state index in [-0.39, 0.29) is 57.9 Å². The number of fused-ring (bicyclic) bond motifs is 8. The number of hydrogen-bond acceptors (Lipinski definition) is 15. The molecule has 5 rings (SSSR count). The fourth-order valence-corrected chi connectivity index (χ4v) is 11.0. The van der Waals surface area contributed by atoms with Gasteiger partial charge in [0.15, 0.2) is 5.78 Å². The molecule has 0 fully saturated rings. The molecule has 0 saturated carbocycles. The Morgan fingerprint density at radius 2 is 0.571 bits per heavy atom. The molecule has 0 heterocycles. The number of rotatable bonds is 42. The summed E-state index contributed by atoms with van der Waals surface area (Å²) < 4.78 is 56.5. The van der Waals surface area contributed by atoms with E-state index < -0.39 is 29.8 Å². The molecule has 0 N–H and O–H groups in total. The molecule has 494 valence electrons. The molecule has 0 atom stereocenters. The number of allylic oxidation sites excluding steroid dienone is 1. The van der Waals surface area contributed by atoms with Crippen LogP contribution in [0.2, 0.25) is 0 Å². The third-order valence-electron chi connectivity index (χ3n) is 15.6. The lowest BCUT2D eigenvalue weighted by atomic mass is 9.88. The number of esters is 5. The molecule has 0 radical (unpaired) electrons. The normalized spacial score (nSPS) is 11.8. The smallest absolute Gasteiger partial charge is 0.331 e. The number of carbonyl (C=O) groups is 6. The van der Waals surface area contributed by atoms with Gasteiger partial charge in [-0.1, -0.05) is 144 Å². The largest absolute Gasteiger partial charge is 0.493 e. The molecule has 15 nitrogen and oxygen atoms in total. The first-order valence-electron chi connectivity index (χ1n) is 33.2. The van der Waals surface area contributed by atoms with Crippen LogP contribution in [0.25, 0.3) is 0 Å². The fraction of sp³-hybridized carbons (Fsp3) is 0.500. The van der Waals surface area contributed by atoms with Gasteiger partial charge in [0.1, 0.15) is 49.4 Å². The molecule has 0 amide bonds. The minimum absolute atomic E-state index is 0.0831. The summed E-state index contributed by atoms with van der Waals surface area (Å²) in [5, 5.41) is 0. The van der Waals surface area contributed by atoms with Crippen molar-refractivity contribution in [3.63, 3.8) is 0 Å². The Morgan fingerprint density at radius 1 is 0.341 bits per heavy atom. The standard InChI is InChI=1S/C76H100O15/c1-9-15-19-23-27-35-84-73-60-39-56(51-88-68(78)13-5)41-62(73)49-66-45-59(54-91-72(82)34-33-70(80)83-8)46-67(76(66)87-38-30-26-22-18-12-4)50-63-42-57(52-89-69(79)14-6)40-61(74(63)85-36-28-24-20-16-10-2)48-65-44-58(53-90-71(81)32-31-55(7)77)43-64(47-60)75(65)86-37-29-25-21-17-11-3/h13-14,31-34,39-46H,5-6,9-12,15-30,35-38,47-54H2,1-4,7-8H3/b32-31-,34-33-. The predicted octanol–water partition coefficient (Wildman–Crippen LogP) is 16.2. The van der Waals surface area contributed by atoms with Crippen molar-refractivity contribution in [2.24, 2.45) is 0 Å². The van der Waals surface area contributed by atoms with Gasteiger partial charge >= 0.3 is 29.8 Å². The van der Waals surface area contributed by atoms with Crippen LogP contribution in [0.15, 0.2) is 98.1 Å². The second kappa shape index (κ2) is 42.2. The maximum atomic E-state index is 13.3. The van der Waals surface area contributed by atoms with Gasteiger partial charge in [-0.25, -0.2) is 24.0 Å². The van der Waals surface area contributed by atoms with Crippen LogP contribution >= 0.6 is 0 Å². The Kier molecular flexibility index (Phi) is 34.2. The first kappa shape index (κ1) is 73.8. The number of hydrogen-bond donors (Lipinski definition) is 0. The van der Waals surface area contributed by atoms with Gasteiger partial charge in [-0.05, 0) is 154 Å². The van der Waals surface area contributed by atoms with Crippen LogP contribution in [0.5, 0.6) is 23.0 Å². The minimum Gasteiger partial charge on any atom is -0.493 e. The molecule has 0 aliphatic heterocycles. The van der Waals surface area contributed by atoms with Crippen LogP contribution in [0, 0.1) is 0 Å². The maximum absolute atomic E-state index is 13.3. The van der Waals surface area contributed by atoms with Gasteiger partial charge in [0.05, 0.1) is 33.5 Å². The molecule has 0 saturated heterocycles. The monoisotopic (exact) mass is 1250 g/mol. The second-order valence-electron chi connectivity index (χ2n) is 23.4. The number of benzene rings is 4. The average Bonchev–Trinajstić information content (AvgIpc) is 0.991. The van der Waals surface area contributed by atoms with E-state index in [1.54, 1.807) is 0 Å². The lowest BCUT2D eigenvalue weighted by Gasteiger charge is -2.25. The highest BCUT2D eigenvalue weighted by molar-refractivity contribution is 5.94. The third-order valence-corrected chi connectivity index (χ3v) is 15.6. The Bertz CT molecular complexity index is 2930. The molecule has 4 aromatic carbocycles. The van der Waals surface area contributed by atoms with Crippen molar-refractivity contribution in [3.8, 4) is 23.0 Å². The Balaban J connectivity index is 1.96. The van der Waals surface area contributed by atoms with Gasteiger partial charge < -0.3 is 42.6 Å². The first-order chi connectivity index (χ1) is 44.2. The van der Waals surface area contributed by atoms with Crippen LogP contribution in [0.1, 0.15) is 230 Å². The molecule has 0 spiro atoms. The maximum Gasteiger partial charge on any atom is 0.331 e. The number of ketones is 1. The quantitative estimate of drug-likeness (QED) is 0.0155. The first-order valence-corrected chi connectivity index (χ1v) is 33.2. The lowest BCUT2D eigenvalue weighted by molar-refractivity contribution is -0.140. The van der Waals surface area contributed by atoms with Crippen molar-refractivity contribution in [1.82, 2.24) is 0 Å². The average molecular weight is 1250 g/mol. The summed E-state index contributed by atoms with van der Waals surface area (Å²) in [6.45, 7) is 18.6. The summed E-state index contributed by atoms with van der Waals surface area (Å²) in [7, 11) is 1.23. The predicted molar refractivity (Wildman–Crippen MR) is 355 cm³/mol. The summed E-state index contributed by atoms with van der Waals surface area (Å²) in [5.41, 5.74) is 8.87. The van der Waals surface area contributed by atoms with Gasteiger partial charge in [-0.15, -0.1) is 0 Å². The molecule has 1 aliphatic rings. The number of methoxy groups -OCH3 is 1. The molecule has 91 heavy (non-hydrogen) atoms. The molecule has 8 bridgehead atoms. The van der Waals surface area contributed by atoms with E-state index in [4.69, 9.17) is 42.6 Å². The van der Waals surface area contributed by atoms with Gasteiger partial charge in [-0.2, -0.15) is 0 Å². The van der Waals surface area contributed by atoms with E-state index in [1.807, 2.05) is 48.5 Å². The zero-order chi connectivity index (χ0) is 65.6. The zero-order valence-corrected chi connectivity index (χ0v) is 55.2. The van der Waals surface area contributed by atoms with Gasteiger partial charge in [-0.3, -0.25) is 4.79 Å². The van der Waals surface area contributed by atoms with Gasteiger partial charge in [0.2, 0.25) is 0 Å². The zero-order valence-electron chi connectivity index (χ0n) is 55.2. The minimum atomic E-state index is -0.744. The van der Waals surface area contributed by atoms with Crippen molar-refractivity contribution >= 4 is 35.6 Å². The highest BCUT2D eigenvalue weighted by Gasteiger charge is 2.26. The lowest BCUT2D eigenvalue weighted by Crippen LogP contribution is -2.13. The van der Waals surface area contributed by atoms with E-state index in [9.17, 15) is 28.8 Å². The van der Waals surface area contributed by atoms with E-state index in [1.165, 1.54) is 20.1 Å². The summed E-state index contributed by atoms with van der Waals surface area (Å²) in [6, 6.07) is 16.0. The molecular formula is C76H100O15. The van der Waals surface area contributed by atoms with E-state index in [0.717, 1.165) is 203 Å². The molecule has 0 unspecified atom stereocenters. The fourth-order valence-electron chi connectivity index (χ4n) is 11.0. The second-order valence-corrected chi connectivity index (χ2v) is 23.4. The summed E-state index contributed by atoms with van der Waals surface area (Å²) >= 11 is 0. The van der Waals surface area contributed by atoms with E-state index >= 15 is 0 Å².